The molecule has 1 aromatic rings. The first-order valence-electron chi connectivity index (χ1n) is 5.09. The quantitative estimate of drug-likeness (QED) is 0.906. The van der Waals surface area contributed by atoms with Crippen molar-refractivity contribution < 1.29 is 4.74 Å². The zero-order chi connectivity index (χ0) is 10.7. The Hall–Kier alpha value is -0.680. The summed E-state index contributed by atoms with van der Waals surface area (Å²) in [6, 6.07) is 2.53. The monoisotopic (exact) mass is 271 g/mol. The van der Waals surface area contributed by atoms with Crippen molar-refractivity contribution in [3.63, 3.8) is 0 Å². The largest absolute Gasteiger partial charge is 0.479 e. The first-order valence-corrected chi connectivity index (χ1v) is 5.88. The molecule has 1 saturated heterocycles. The van der Waals surface area contributed by atoms with E-state index in [1.165, 1.54) is 12.8 Å². The Morgan fingerprint density at radius 3 is 3.07 bits per heavy atom. The van der Waals surface area contributed by atoms with E-state index in [1.54, 1.807) is 7.11 Å². The van der Waals surface area contributed by atoms with Crippen molar-refractivity contribution in [1.29, 1.82) is 0 Å². The topological polar surface area (TPSA) is 47.0 Å². The Labute approximate surface area is 97.6 Å². The van der Waals surface area contributed by atoms with E-state index < -0.39 is 0 Å². The molecule has 1 unspecified atom stereocenters. The van der Waals surface area contributed by atoms with E-state index in [4.69, 9.17) is 4.74 Å². The average molecular weight is 272 g/mol. The fourth-order valence-corrected chi connectivity index (χ4v) is 2.32. The Bertz CT molecular complexity index is 339. The number of hydrogen-bond donors (Lipinski definition) is 1. The van der Waals surface area contributed by atoms with E-state index in [9.17, 15) is 0 Å². The molecule has 0 radical (unpaired) electrons. The van der Waals surface area contributed by atoms with Crippen molar-refractivity contribution in [3.05, 3.63) is 16.2 Å². The summed E-state index contributed by atoms with van der Waals surface area (Å²) >= 11 is 3.41. The molecule has 0 amide bonds. The first-order chi connectivity index (χ1) is 7.29. The van der Waals surface area contributed by atoms with Gasteiger partial charge in [0, 0.05) is 12.5 Å². The van der Waals surface area contributed by atoms with E-state index in [0.717, 1.165) is 23.1 Å². The van der Waals surface area contributed by atoms with Crippen molar-refractivity contribution in [2.75, 3.05) is 13.7 Å². The standard InChI is InChI=1S/C10H14BrN3O/c1-15-10-9(11)6-8(13-14-10)5-7-3-2-4-12-7/h6-7,12H,2-5H2,1H3. The van der Waals surface area contributed by atoms with E-state index in [0.29, 0.717) is 11.9 Å². The second kappa shape index (κ2) is 4.90. The summed E-state index contributed by atoms with van der Waals surface area (Å²) in [6.07, 6.45) is 3.43. The highest BCUT2D eigenvalue weighted by Gasteiger charge is 2.16. The minimum Gasteiger partial charge on any atom is -0.479 e. The SMILES string of the molecule is COc1nnc(CC2CCCN2)cc1Br. The van der Waals surface area contributed by atoms with Crippen molar-refractivity contribution in [2.24, 2.45) is 0 Å². The Morgan fingerprint density at radius 2 is 2.47 bits per heavy atom. The lowest BCUT2D eigenvalue weighted by molar-refractivity contribution is 0.387. The van der Waals surface area contributed by atoms with Gasteiger partial charge in [-0.3, -0.25) is 0 Å². The maximum Gasteiger partial charge on any atom is 0.247 e. The van der Waals surface area contributed by atoms with Crippen LogP contribution in [0, 0.1) is 0 Å². The van der Waals surface area contributed by atoms with Crippen LogP contribution in [0.5, 0.6) is 5.88 Å². The van der Waals surface area contributed by atoms with Gasteiger partial charge in [-0.25, -0.2) is 0 Å². The van der Waals surface area contributed by atoms with Gasteiger partial charge in [-0.1, -0.05) is 0 Å². The number of nitrogens with zero attached hydrogens (tertiary/aromatic N) is 2. The lowest BCUT2D eigenvalue weighted by Crippen LogP contribution is -2.24. The van der Waals surface area contributed by atoms with Crippen LogP contribution in [0.2, 0.25) is 0 Å². The van der Waals surface area contributed by atoms with Crippen LogP contribution >= 0.6 is 15.9 Å². The molecule has 4 nitrogen and oxygen atoms in total. The van der Waals surface area contributed by atoms with Gasteiger partial charge in [0.25, 0.3) is 0 Å². The van der Waals surface area contributed by atoms with Gasteiger partial charge in [0.15, 0.2) is 0 Å². The van der Waals surface area contributed by atoms with Crippen molar-refractivity contribution >= 4 is 15.9 Å². The van der Waals surface area contributed by atoms with Gasteiger partial charge in [0.1, 0.15) is 0 Å². The Kier molecular flexibility index (Phi) is 3.53. The summed E-state index contributed by atoms with van der Waals surface area (Å²) < 4.78 is 5.90. The van der Waals surface area contributed by atoms with Crippen LogP contribution in [0.4, 0.5) is 0 Å². The van der Waals surface area contributed by atoms with E-state index >= 15 is 0 Å². The summed E-state index contributed by atoms with van der Waals surface area (Å²) in [5.74, 6) is 0.540. The normalized spacial score (nSPS) is 20.5. The average Bonchev–Trinajstić information content (AvgIpc) is 2.71. The molecule has 5 heteroatoms. The molecule has 0 spiro atoms. The first kappa shape index (κ1) is 10.8. The van der Waals surface area contributed by atoms with Crippen LogP contribution in [-0.4, -0.2) is 29.9 Å². The van der Waals surface area contributed by atoms with Gasteiger partial charge in [-0.05, 0) is 41.4 Å². The zero-order valence-corrected chi connectivity index (χ0v) is 10.2. The summed E-state index contributed by atoms with van der Waals surface area (Å²) in [5.41, 5.74) is 1.00. The maximum absolute atomic E-state index is 5.03. The van der Waals surface area contributed by atoms with Crippen molar-refractivity contribution in [2.45, 2.75) is 25.3 Å². The summed E-state index contributed by atoms with van der Waals surface area (Å²) in [5, 5.41) is 11.6. The highest BCUT2D eigenvalue weighted by Crippen LogP contribution is 2.22. The number of halogens is 1. The lowest BCUT2D eigenvalue weighted by atomic mass is 10.1. The van der Waals surface area contributed by atoms with Crippen LogP contribution < -0.4 is 10.1 Å². The van der Waals surface area contributed by atoms with Gasteiger partial charge in [0.2, 0.25) is 5.88 Å². The number of rotatable bonds is 3. The molecule has 15 heavy (non-hydrogen) atoms. The van der Waals surface area contributed by atoms with E-state index in [1.807, 2.05) is 6.07 Å². The minimum atomic E-state index is 0.540. The van der Waals surface area contributed by atoms with Crippen LogP contribution in [0.15, 0.2) is 10.5 Å². The smallest absolute Gasteiger partial charge is 0.247 e. The molecule has 1 atom stereocenters. The summed E-state index contributed by atoms with van der Waals surface area (Å²) in [7, 11) is 1.59. The van der Waals surface area contributed by atoms with Gasteiger partial charge >= 0.3 is 0 Å². The summed E-state index contributed by atoms with van der Waals surface area (Å²) in [6.45, 7) is 1.12. The maximum atomic E-state index is 5.03. The number of ether oxygens (including phenoxy) is 1. The van der Waals surface area contributed by atoms with Crippen LogP contribution in [-0.2, 0) is 6.42 Å². The number of methoxy groups -OCH3 is 1. The predicted molar refractivity (Wildman–Crippen MR) is 61.0 cm³/mol. The number of aromatic nitrogens is 2. The third-order valence-corrected chi connectivity index (χ3v) is 3.15. The zero-order valence-electron chi connectivity index (χ0n) is 8.66. The van der Waals surface area contributed by atoms with Crippen molar-refractivity contribution in [3.8, 4) is 5.88 Å². The number of hydrogen-bond acceptors (Lipinski definition) is 4. The van der Waals surface area contributed by atoms with E-state index in [2.05, 4.69) is 31.4 Å². The molecule has 1 aromatic heterocycles. The third kappa shape index (κ3) is 2.66. The molecule has 2 rings (SSSR count). The Balaban J connectivity index is 2.05. The third-order valence-electron chi connectivity index (χ3n) is 2.58. The fraction of sp³-hybridized carbons (Fsp3) is 0.600. The second-order valence-corrected chi connectivity index (χ2v) is 4.54. The molecular formula is C10H14BrN3O. The summed E-state index contributed by atoms with van der Waals surface area (Å²) in [4.78, 5) is 0. The molecule has 0 aromatic carbocycles. The van der Waals surface area contributed by atoms with Gasteiger partial charge < -0.3 is 10.1 Å². The molecule has 0 bridgehead atoms. The molecule has 1 aliphatic rings. The number of nitrogens with one attached hydrogen (secondary N) is 1. The van der Waals surface area contributed by atoms with E-state index in [-0.39, 0.29) is 0 Å². The van der Waals surface area contributed by atoms with Crippen LogP contribution in [0.25, 0.3) is 0 Å². The van der Waals surface area contributed by atoms with Crippen molar-refractivity contribution in [1.82, 2.24) is 15.5 Å². The molecular weight excluding hydrogens is 258 g/mol. The highest BCUT2D eigenvalue weighted by atomic mass is 79.9. The Morgan fingerprint density at radius 1 is 1.60 bits per heavy atom. The van der Waals surface area contributed by atoms with Crippen LogP contribution in [0.1, 0.15) is 18.5 Å². The predicted octanol–water partition coefficient (Wildman–Crippen LogP) is 1.54. The van der Waals surface area contributed by atoms with Gasteiger partial charge in [0.05, 0.1) is 17.3 Å². The molecule has 0 aliphatic carbocycles. The molecule has 2 heterocycles. The fourth-order valence-electron chi connectivity index (χ4n) is 1.82. The molecule has 1 N–H and O–H groups in total. The van der Waals surface area contributed by atoms with Gasteiger partial charge in [-0.2, -0.15) is 5.10 Å². The second-order valence-electron chi connectivity index (χ2n) is 3.69. The van der Waals surface area contributed by atoms with Gasteiger partial charge in [-0.15, -0.1) is 5.10 Å². The molecule has 0 saturated carbocycles. The lowest BCUT2D eigenvalue weighted by Gasteiger charge is -2.09. The van der Waals surface area contributed by atoms with Crippen LogP contribution in [0.3, 0.4) is 0 Å². The minimum absolute atomic E-state index is 0.540. The molecule has 1 aliphatic heterocycles. The highest BCUT2D eigenvalue weighted by molar-refractivity contribution is 9.10. The molecule has 82 valence electrons. The molecule has 1 fully saturated rings.